The Balaban J connectivity index is 1.87. The number of amides is 1. The summed E-state index contributed by atoms with van der Waals surface area (Å²) in [5.41, 5.74) is 3.78. The van der Waals surface area contributed by atoms with Crippen molar-refractivity contribution in [1.29, 1.82) is 0 Å². The third kappa shape index (κ3) is 3.99. The second kappa shape index (κ2) is 7.79. The van der Waals surface area contributed by atoms with Gasteiger partial charge in [-0.15, -0.1) is 11.3 Å². The van der Waals surface area contributed by atoms with E-state index in [1.54, 1.807) is 28.4 Å². The highest BCUT2D eigenvalue weighted by molar-refractivity contribution is 7.12. The molecule has 3 rings (SSSR count). The number of likely N-dealkylation sites (N-methyl/N-ethyl adjacent to an activating group) is 1. The zero-order valence-corrected chi connectivity index (χ0v) is 15.9. The van der Waals surface area contributed by atoms with Gasteiger partial charge in [0.25, 0.3) is 0 Å². The molecule has 0 unspecified atom stereocenters. The number of aromatic nitrogens is 1. The summed E-state index contributed by atoms with van der Waals surface area (Å²) in [6.45, 7) is 6.44. The molecule has 1 amide bonds. The molecule has 134 valence electrons. The van der Waals surface area contributed by atoms with Crippen molar-refractivity contribution in [1.82, 2.24) is 4.98 Å². The minimum absolute atomic E-state index is 0.0175. The Morgan fingerprint density at radius 3 is 2.35 bits per heavy atom. The molecule has 0 aliphatic heterocycles. The van der Waals surface area contributed by atoms with Gasteiger partial charge in [-0.2, -0.15) is 0 Å². The minimum atomic E-state index is -0.308. The normalized spacial score (nSPS) is 10.8. The SMILES string of the molecule is CCN(C(=O)Cc1sc(C)nc1-c1ccc(C)cc1)c1ccc(F)cc1. The molecule has 3 nitrogen and oxygen atoms in total. The highest BCUT2D eigenvalue weighted by Gasteiger charge is 2.19. The van der Waals surface area contributed by atoms with Crippen LogP contribution in [0.1, 0.15) is 22.4 Å². The lowest BCUT2D eigenvalue weighted by molar-refractivity contribution is -0.117. The van der Waals surface area contributed by atoms with Crippen molar-refractivity contribution in [2.75, 3.05) is 11.4 Å². The van der Waals surface area contributed by atoms with Gasteiger partial charge >= 0.3 is 0 Å². The molecule has 0 aliphatic carbocycles. The third-order valence-corrected chi connectivity index (χ3v) is 5.17. The Bertz CT molecular complexity index is 901. The first-order valence-corrected chi connectivity index (χ1v) is 9.39. The van der Waals surface area contributed by atoms with Crippen LogP contribution in [0.5, 0.6) is 0 Å². The van der Waals surface area contributed by atoms with Crippen LogP contribution in [0.15, 0.2) is 48.5 Å². The van der Waals surface area contributed by atoms with Gasteiger partial charge in [-0.3, -0.25) is 4.79 Å². The number of anilines is 1. The van der Waals surface area contributed by atoms with Crippen molar-refractivity contribution in [3.8, 4) is 11.3 Å². The van der Waals surface area contributed by atoms with Crippen LogP contribution in [0.25, 0.3) is 11.3 Å². The maximum atomic E-state index is 13.2. The first kappa shape index (κ1) is 18.3. The van der Waals surface area contributed by atoms with Crippen LogP contribution in [0.2, 0.25) is 0 Å². The molecule has 5 heteroatoms. The van der Waals surface area contributed by atoms with Crippen LogP contribution in [-0.4, -0.2) is 17.4 Å². The van der Waals surface area contributed by atoms with Gasteiger partial charge in [-0.25, -0.2) is 9.37 Å². The molecule has 26 heavy (non-hydrogen) atoms. The van der Waals surface area contributed by atoms with Gasteiger partial charge in [0.2, 0.25) is 5.91 Å². The van der Waals surface area contributed by atoms with Gasteiger partial charge in [-0.1, -0.05) is 29.8 Å². The van der Waals surface area contributed by atoms with Crippen LogP contribution in [0.4, 0.5) is 10.1 Å². The van der Waals surface area contributed by atoms with Crippen molar-refractivity contribution >= 4 is 22.9 Å². The number of hydrogen-bond donors (Lipinski definition) is 0. The number of hydrogen-bond acceptors (Lipinski definition) is 3. The van der Waals surface area contributed by atoms with Crippen LogP contribution >= 0.6 is 11.3 Å². The number of benzene rings is 2. The first-order valence-electron chi connectivity index (χ1n) is 8.57. The van der Waals surface area contributed by atoms with E-state index < -0.39 is 0 Å². The van der Waals surface area contributed by atoms with E-state index >= 15 is 0 Å². The second-order valence-electron chi connectivity index (χ2n) is 6.16. The lowest BCUT2D eigenvalue weighted by Crippen LogP contribution is -2.31. The molecule has 1 heterocycles. The van der Waals surface area contributed by atoms with Crippen molar-refractivity contribution < 1.29 is 9.18 Å². The van der Waals surface area contributed by atoms with Gasteiger partial charge in [0.15, 0.2) is 0 Å². The number of thiazole rings is 1. The van der Waals surface area contributed by atoms with E-state index in [1.165, 1.54) is 17.7 Å². The molecule has 0 spiro atoms. The molecule has 0 saturated carbocycles. The lowest BCUT2D eigenvalue weighted by Gasteiger charge is -2.21. The fourth-order valence-electron chi connectivity index (χ4n) is 2.88. The summed E-state index contributed by atoms with van der Waals surface area (Å²) in [4.78, 5) is 20.1. The number of carbonyl (C=O) groups excluding carboxylic acids is 1. The Kier molecular flexibility index (Phi) is 5.47. The average molecular weight is 368 g/mol. The second-order valence-corrected chi connectivity index (χ2v) is 7.45. The Morgan fingerprint density at radius 2 is 1.73 bits per heavy atom. The van der Waals surface area contributed by atoms with Crippen molar-refractivity contribution in [3.63, 3.8) is 0 Å². The summed E-state index contributed by atoms with van der Waals surface area (Å²) in [5.74, 6) is -0.326. The maximum absolute atomic E-state index is 13.2. The van der Waals surface area contributed by atoms with E-state index in [4.69, 9.17) is 0 Å². The van der Waals surface area contributed by atoms with Crippen molar-refractivity contribution in [3.05, 3.63) is 69.8 Å². The zero-order chi connectivity index (χ0) is 18.7. The van der Waals surface area contributed by atoms with Crippen LogP contribution in [0.3, 0.4) is 0 Å². The van der Waals surface area contributed by atoms with Gasteiger partial charge in [0.05, 0.1) is 17.1 Å². The number of halogens is 1. The van der Waals surface area contributed by atoms with Gasteiger partial charge in [0, 0.05) is 22.7 Å². The van der Waals surface area contributed by atoms with Crippen LogP contribution in [0, 0.1) is 19.7 Å². The monoisotopic (exact) mass is 368 g/mol. The predicted molar refractivity (Wildman–Crippen MR) is 105 cm³/mol. The van der Waals surface area contributed by atoms with Gasteiger partial charge < -0.3 is 4.90 Å². The Hall–Kier alpha value is -2.53. The van der Waals surface area contributed by atoms with E-state index in [1.807, 2.05) is 45.0 Å². The van der Waals surface area contributed by atoms with E-state index in [-0.39, 0.29) is 18.1 Å². The predicted octanol–water partition coefficient (Wildman–Crippen LogP) is 5.16. The molecule has 1 aromatic heterocycles. The maximum Gasteiger partial charge on any atom is 0.232 e. The Morgan fingerprint density at radius 1 is 1.08 bits per heavy atom. The number of rotatable bonds is 5. The van der Waals surface area contributed by atoms with E-state index in [2.05, 4.69) is 4.98 Å². The highest BCUT2D eigenvalue weighted by Crippen LogP contribution is 2.29. The fraction of sp³-hybridized carbons (Fsp3) is 0.238. The number of nitrogens with zero attached hydrogens (tertiary/aromatic N) is 2. The molecule has 0 N–H and O–H groups in total. The summed E-state index contributed by atoms with van der Waals surface area (Å²) in [6, 6.07) is 14.2. The standard InChI is InChI=1S/C21H21FN2OS/c1-4-24(18-11-9-17(22)10-12-18)20(25)13-19-21(23-15(3)26-19)16-7-5-14(2)6-8-16/h5-12H,4,13H2,1-3H3. The van der Waals surface area contributed by atoms with Crippen molar-refractivity contribution in [2.45, 2.75) is 27.2 Å². The molecule has 2 aromatic carbocycles. The summed E-state index contributed by atoms with van der Waals surface area (Å²) in [6.07, 6.45) is 0.278. The molecule has 0 radical (unpaired) electrons. The first-order chi connectivity index (χ1) is 12.5. The molecule has 0 atom stereocenters. The van der Waals surface area contributed by atoms with Gasteiger partial charge in [-0.05, 0) is 45.0 Å². The Labute approximate surface area is 157 Å². The smallest absolute Gasteiger partial charge is 0.232 e. The number of carbonyl (C=O) groups is 1. The molecule has 0 aliphatic rings. The van der Waals surface area contributed by atoms with Gasteiger partial charge in [0.1, 0.15) is 5.82 Å². The fourth-order valence-corrected chi connectivity index (χ4v) is 3.83. The molecular formula is C21H21FN2OS. The lowest BCUT2D eigenvalue weighted by atomic mass is 10.1. The van der Waals surface area contributed by atoms with E-state index in [0.29, 0.717) is 12.2 Å². The molecule has 0 saturated heterocycles. The molecule has 3 aromatic rings. The third-order valence-electron chi connectivity index (χ3n) is 4.20. The number of aryl methyl sites for hydroxylation is 2. The van der Waals surface area contributed by atoms with E-state index in [9.17, 15) is 9.18 Å². The molecule has 0 fully saturated rings. The minimum Gasteiger partial charge on any atom is -0.312 e. The summed E-state index contributed by atoms with van der Waals surface area (Å²) in [5, 5.41) is 0.938. The molecular weight excluding hydrogens is 347 g/mol. The van der Waals surface area contributed by atoms with E-state index in [0.717, 1.165) is 21.1 Å². The molecule has 0 bridgehead atoms. The summed E-state index contributed by atoms with van der Waals surface area (Å²) in [7, 11) is 0. The van der Waals surface area contributed by atoms with Crippen LogP contribution < -0.4 is 4.90 Å². The van der Waals surface area contributed by atoms with Crippen molar-refractivity contribution in [2.24, 2.45) is 0 Å². The summed E-state index contributed by atoms with van der Waals surface area (Å²) < 4.78 is 13.2. The quantitative estimate of drug-likeness (QED) is 0.623. The average Bonchev–Trinajstić information content (AvgIpc) is 2.98. The highest BCUT2D eigenvalue weighted by atomic mass is 32.1. The van der Waals surface area contributed by atoms with Crippen LogP contribution in [-0.2, 0) is 11.2 Å². The topological polar surface area (TPSA) is 33.2 Å². The summed E-state index contributed by atoms with van der Waals surface area (Å²) >= 11 is 1.55. The zero-order valence-electron chi connectivity index (χ0n) is 15.1. The largest absolute Gasteiger partial charge is 0.312 e.